The Bertz CT molecular complexity index is 269. The van der Waals surface area contributed by atoms with Crippen LogP contribution in [-0.2, 0) is 9.53 Å². The molecule has 6 heteroatoms. The number of carbonyl (C=O) groups is 2. The monoisotopic (exact) mass is 199 g/mol. The highest BCUT2D eigenvalue weighted by Gasteiger charge is 2.39. The van der Waals surface area contributed by atoms with Crippen molar-refractivity contribution < 1.29 is 14.3 Å². The second-order valence-corrected chi connectivity index (χ2v) is 3.54. The first kappa shape index (κ1) is 9.42. The molecule has 2 saturated heterocycles. The van der Waals surface area contributed by atoms with Gasteiger partial charge in [-0.3, -0.25) is 15.4 Å². The summed E-state index contributed by atoms with van der Waals surface area (Å²) in [5.74, 6) is -0.388. The fraction of sp³-hybridized carbons (Fsp3) is 0.750. The number of rotatable bonds is 1. The molecule has 0 aliphatic carbocycles. The molecule has 14 heavy (non-hydrogen) atoms. The molecule has 2 aliphatic rings. The molecular formula is C8H13N3O3. The lowest BCUT2D eigenvalue weighted by Gasteiger charge is -2.38. The maximum atomic E-state index is 11.4. The zero-order chi connectivity index (χ0) is 10.1. The number of hydrogen-bond donors (Lipinski definition) is 3. The van der Waals surface area contributed by atoms with Gasteiger partial charge in [-0.25, -0.2) is 4.79 Å². The van der Waals surface area contributed by atoms with Crippen molar-refractivity contribution in [1.29, 1.82) is 0 Å². The minimum absolute atomic E-state index is 0.1000. The number of carbonyl (C=O) groups excluding carboxylic acids is 2. The summed E-state index contributed by atoms with van der Waals surface area (Å²) in [6.07, 6.45) is 0.491. The molecule has 3 atom stereocenters. The van der Waals surface area contributed by atoms with Crippen molar-refractivity contribution >= 4 is 11.9 Å². The predicted molar refractivity (Wildman–Crippen MR) is 47.4 cm³/mol. The van der Waals surface area contributed by atoms with Gasteiger partial charge in [0.2, 0.25) is 5.91 Å². The van der Waals surface area contributed by atoms with E-state index >= 15 is 0 Å². The Morgan fingerprint density at radius 2 is 2.21 bits per heavy atom. The third kappa shape index (κ3) is 1.58. The van der Waals surface area contributed by atoms with E-state index in [9.17, 15) is 9.59 Å². The standard InChI is InChI=1S/C8H13N3O3/c1-14-6-2-4-5(3-9-6)10-8(13)11-7(4)12/h4-6,9H,2-3H2,1H3,(H2,10,11,12,13). The van der Waals surface area contributed by atoms with E-state index in [-0.39, 0.29) is 24.1 Å². The van der Waals surface area contributed by atoms with E-state index in [1.54, 1.807) is 7.11 Å². The SMILES string of the molecule is COC1CC2C(=O)NC(=O)NC2CN1. The second kappa shape index (κ2) is 3.55. The van der Waals surface area contributed by atoms with Gasteiger partial charge in [0.1, 0.15) is 6.23 Å². The van der Waals surface area contributed by atoms with Crippen molar-refractivity contribution in [1.82, 2.24) is 16.0 Å². The molecule has 3 N–H and O–H groups in total. The Balaban J connectivity index is 2.06. The first-order valence-corrected chi connectivity index (χ1v) is 4.58. The number of amides is 3. The quantitative estimate of drug-likeness (QED) is 0.494. The number of urea groups is 1. The number of hydrogen-bond acceptors (Lipinski definition) is 4. The molecule has 0 aromatic carbocycles. The van der Waals surface area contributed by atoms with Gasteiger partial charge in [-0.15, -0.1) is 0 Å². The molecule has 3 unspecified atom stereocenters. The normalized spacial score (nSPS) is 37.1. The van der Waals surface area contributed by atoms with Crippen molar-refractivity contribution in [3.05, 3.63) is 0 Å². The summed E-state index contributed by atoms with van der Waals surface area (Å²) in [6.45, 7) is 0.572. The van der Waals surface area contributed by atoms with E-state index < -0.39 is 6.03 Å². The minimum Gasteiger partial charge on any atom is -0.367 e. The van der Waals surface area contributed by atoms with Crippen LogP contribution in [0.4, 0.5) is 4.79 Å². The van der Waals surface area contributed by atoms with Gasteiger partial charge in [-0.05, 0) is 0 Å². The summed E-state index contributed by atoms with van der Waals surface area (Å²) in [4.78, 5) is 22.4. The van der Waals surface area contributed by atoms with Gasteiger partial charge in [0.05, 0.1) is 12.0 Å². The molecule has 0 aromatic rings. The van der Waals surface area contributed by atoms with Gasteiger partial charge in [-0.2, -0.15) is 0 Å². The highest BCUT2D eigenvalue weighted by atomic mass is 16.5. The second-order valence-electron chi connectivity index (χ2n) is 3.54. The highest BCUT2D eigenvalue weighted by molar-refractivity contribution is 5.98. The molecule has 78 valence electrons. The van der Waals surface area contributed by atoms with Crippen LogP contribution >= 0.6 is 0 Å². The average Bonchev–Trinajstić information content (AvgIpc) is 2.17. The van der Waals surface area contributed by atoms with Crippen molar-refractivity contribution in [3.63, 3.8) is 0 Å². The molecule has 2 fully saturated rings. The van der Waals surface area contributed by atoms with Crippen LogP contribution in [-0.4, -0.2) is 37.9 Å². The van der Waals surface area contributed by atoms with Crippen LogP contribution < -0.4 is 16.0 Å². The number of methoxy groups -OCH3 is 1. The number of ether oxygens (including phenoxy) is 1. The average molecular weight is 199 g/mol. The fourth-order valence-corrected chi connectivity index (χ4v) is 1.91. The van der Waals surface area contributed by atoms with Crippen LogP contribution in [0.15, 0.2) is 0 Å². The lowest BCUT2D eigenvalue weighted by molar-refractivity contribution is -0.129. The molecule has 2 heterocycles. The molecule has 0 bridgehead atoms. The van der Waals surface area contributed by atoms with Gasteiger partial charge in [0, 0.05) is 20.1 Å². The number of fused-ring (bicyclic) bond motifs is 1. The maximum Gasteiger partial charge on any atom is 0.321 e. The van der Waals surface area contributed by atoms with E-state index in [1.807, 2.05) is 0 Å². The van der Waals surface area contributed by atoms with E-state index in [0.29, 0.717) is 13.0 Å². The number of imide groups is 1. The largest absolute Gasteiger partial charge is 0.367 e. The summed E-state index contributed by atoms with van der Waals surface area (Å²) in [5.41, 5.74) is 0. The number of piperidine rings is 1. The van der Waals surface area contributed by atoms with Crippen LogP contribution in [0.5, 0.6) is 0 Å². The van der Waals surface area contributed by atoms with Gasteiger partial charge < -0.3 is 10.1 Å². The molecule has 2 aliphatic heterocycles. The first-order valence-electron chi connectivity index (χ1n) is 4.58. The van der Waals surface area contributed by atoms with Crippen LogP contribution in [0.2, 0.25) is 0 Å². The highest BCUT2D eigenvalue weighted by Crippen LogP contribution is 2.19. The summed E-state index contributed by atoms with van der Waals surface area (Å²) in [5, 5.41) is 8.05. The summed E-state index contributed by atoms with van der Waals surface area (Å²) < 4.78 is 5.11. The van der Waals surface area contributed by atoms with E-state index in [1.165, 1.54) is 0 Å². The van der Waals surface area contributed by atoms with Gasteiger partial charge in [0.15, 0.2) is 0 Å². The van der Waals surface area contributed by atoms with Crippen LogP contribution in [0.25, 0.3) is 0 Å². The third-order valence-corrected chi connectivity index (χ3v) is 2.69. The predicted octanol–water partition coefficient (Wildman–Crippen LogP) is -1.22. The summed E-state index contributed by atoms with van der Waals surface area (Å²) >= 11 is 0. The maximum absolute atomic E-state index is 11.4. The Hall–Kier alpha value is -1.14. The number of nitrogens with one attached hydrogen (secondary N) is 3. The molecule has 0 radical (unpaired) electrons. The van der Waals surface area contributed by atoms with Gasteiger partial charge in [-0.1, -0.05) is 0 Å². The Kier molecular flexibility index (Phi) is 2.39. The topological polar surface area (TPSA) is 79.5 Å². The molecule has 0 spiro atoms. The van der Waals surface area contributed by atoms with Crippen LogP contribution in [0, 0.1) is 5.92 Å². The zero-order valence-electron chi connectivity index (χ0n) is 7.87. The zero-order valence-corrected chi connectivity index (χ0v) is 7.87. The minimum atomic E-state index is -0.408. The molecule has 2 rings (SSSR count). The third-order valence-electron chi connectivity index (χ3n) is 2.69. The molecule has 3 amide bonds. The van der Waals surface area contributed by atoms with E-state index in [0.717, 1.165) is 0 Å². The molecule has 0 saturated carbocycles. The van der Waals surface area contributed by atoms with Crippen LogP contribution in [0.3, 0.4) is 0 Å². The lowest BCUT2D eigenvalue weighted by Crippen LogP contribution is -2.65. The Labute approximate surface area is 81.4 Å². The van der Waals surface area contributed by atoms with Gasteiger partial charge >= 0.3 is 6.03 Å². The molecule has 6 nitrogen and oxygen atoms in total. The Morgan fingerprint density at radius 1 is 1.43 bits per heavy atom. The molecular weight excluding hydrogens is 186 g/mol. The van der Waals surface area contributed by atoms with E-state index in [2.05, 4.69) is 16.0 Å². The first-order chi connectivity index (χ1) is 6.70. The fourth-order valence-electron chi connectivity index (χ4n) is 1.91. The summed E-state index contributed by atoms with van der Waals surface area (Å²) in [6, 6.07) is -0.517. The van der Waals surface area contributed by atoms with Crippen molar-refractivity contribution in [2.75, 3.05) is 13.7 Å². The summed E-state index contributed by atoms with van der Waals surface area (Å²) in [7, 11) is 1.59. The Morgan fingerprint density at radius 3 is 2.93 bits per heavy atom. The van der Waals surface area contributed by atoms with Crippen molar-refractivity contribution in [3.8, 4) is 0 Å². The van der Waals surface area contributed by atoms with Crippen molar-refractivity contribution in [2.24, 2.45) is 5.92 Å². The van der Waals surface area contributed by atoms with Gasteiger partial charge in [0.25, 0.3) is 0 Å². The van der Waals surface area contributed by atoms with E-state index in [4.69, 9.17) is 4.74 Å². The van der Waals surface area contributed by atoms with Crippen LogP contribution in [0.1, 0.15) is 6.42 Å². The van der Waals surface area contributed by atoms with Crippen molar-refractivity contribution in [2.45, 2.75) is 18.7 Å². The molecule has 0 aromatic heterocycles. The lowest BCUT2D eigenvalue weighted by atomic mass is 9.89. The smallest absolute Gasteiger partial charge is 0.321 e.